The molecule has 0 spiro atoms. The van der Waals surface area contributed by atoms with Gasteiger partial charge in [-0.25, -0.2) is 0 Å². The molecule has 0 aliphatic rings. The highest BCUT2D eigenvalue weighted by molar-refractivity contribution is 9.10. The van der Waals surface area contributed by atoms with E-state index in [1.54, 1.807) is 17.5 Å². The molecule has 86 valence electrons. The topological polar surface area (TPSA) is 53.6 Å². The number of H-pyrrole nitrogens is 1. The van der Waals surface area contributed by atoms with Gasteiger partial charge in [-0.1, -0.05) is 6.92 Å². The van der Waals surface area contributed by atoms with Gasteiger partial charge < -0.3 is 5.32 Å². The summed E-state index contributed by atoms with van der Waals surface area (Å²) in [6.07, 6.45) is 2.70. The highest BCUT2D eigenvalue weighted by atomic mass is 79.9. The summed E-state index contributed by atoms with van der Waals surface area (Å²) < 4.78 is 1.17. The van der Waals surface area contributed by atoms with Crippen LogP contribution in [0.4, 0.5) is 0 Å². The average Bonchev–Trinajstić information content (AvgIpc) is 2.90. The van der Waals surface area contributed by atoms with Gasteiger partial charge in [0.2, 0.25) is 0 Å². The average molecular weight is 301 g/mol. The molecular weight excluding hydrogens is 288 g/mol. The zero-order chi connectivity index (χ0) is 11.4. The summed E-state index contributed by atoms with van der Waals surface area (Å²) >= 11 is 5.30. The number of nitrogens with zero attached hydrogens (tertiary/aromatic N) is 2. The Balaban J connectivity index is 2.12. The molecule has 2 rings (SSSR count). The Hall–Kier alpha value is -0.720. The van der Waals surface area contributed by atoms with Crippen LogP contribution in [0.25, 0.3) is 0 Å². The first-order valence-electron chi connectivity index (χ1n) is 5.12. The first kappa shape index (κ1) is 11.8. The van der Waals surface area contributed by atoms with E-state index in [-0.39, 0.29) is 6.04 Å². The van der Waals surface area contributed by atoms with Gasteiger partial charge in [0, 0.05) is 15.8 Å². The second-order valence-corrected chi connectivity index (χ2v) is 5.26. The molecule has 0 aliphatic heterocycles. The molecule has 0 aromatic carbocycles. The minimum absolute atomic E-state index is 0.221. The predicted molar refractivity (Wildman–Crippen MR) is 68.5 cm³/mol. The molecule has 2 N–H and O–H groups in total. The molecule has 0 radical (unpaired) electrons. The van der Waals surface area contributed by atoms with Crippen LogP contribution in [0.2, 0.25) is 0 Å². The predicted octanol–water partition coefficient (Wildman–Crippen LogP) is 2.52. The summed E-state index contributed by atoms with van der Waals surface area (Å²) in [6.45, 7) is 3.01. The van der Waals surface area contributed by atoms with Crippen LogP contribution in [-0.4, -0.2) is 22.0 Å². The van der Waals surface area contributed by atoms with Crippen molar-refractivity contribution in [1.82, 2.24) is 20.7 Å². The van der Waals surface area contributed by atoms with Crippen molar-refractivity contribution in [3.8, 4) is 0 Å². The number of likely N-dealkylation sites (N-methyl/N-ethyl adjacent to an activating group) is 1. The second-order valence-electron chi connectivity index (χ2n) is 3.40. The Morgan fingerprint density at radius 1 is 1.62 bits per heavy atom. The van der Waals surface area contributed by atoms with Crippen molar-refractivity contribution >= 4 is 27.3 Å². The number of hydrogen-bond acceptors (Lipinski definition) is 4. The molecule has 16 heavy (non-hydrogen) atoms. The van der Waals surface area contributed by atoms with Gasteiger partial charge in [0.05, 0.1) is 17.9 Å². The van der Waals surface area contributed by atoms with Crippen molar-refractivity contribution in [3.05, 3.63) is 32.7 Å². The first-order chi connectivity index (χ1) is 7.81. The van der Waals surface area contributed by atoms with Crippen LogP contribution in [0.3, 0.4) is 0 Å². The summed E-state index contributed by atoms with van der Waals surface area (Å²) in [5, 5.41) is 16.1. The number of rotatable bonds is 5. The summed E-state index contributed by atoms with van der Waals surface area (Å²) in [7, 11) is 0. The third-order valence-electron chi connectivity index (χ3n) is 2.32. The lowest BCUT2D eigenvalue weighted by Crippen LogP contribution is -2.23. The second kappa shape index (κ2) is 5.56. The van der Waals surface area contributed by atoms with Crippen LogP contribution in [0.5, 0.6) is 0 Å². The first-order valence-corrected chi connectivity index (χ1v) is 6.79. The van der Waals surface area contributed by atoms with Crippen LogP contribution >= 0.6 is 27.3 Å². The molecule has 4 nitrogen and oxygen atoms in total. The van der Waals surface area contributed by atoms with Crippen LogP contribution in [-0.2, 0) is 6.42 Å². The van der Waals surface area contributed by atoms with E-state index >= 15 is 0 Å². The third kappa shape index (κ3) is 2.69. The molecule has 1 unspecified atom stereocenters. The highest BCUT2D eigenvalue weighted by Crippen LogP contribution is 2.27. The van der Waals surface area contributed by atoms with E-state index in [1.807, 2.05) is 0 Å². The highest BCUT2D eigenvalue weighted by Gasteiger charge is 2.15. The molecule has 0 amide bonds. The number of aromatic amines is 1. The lowest BCUT2D eigenvalue weighted by Gasteiger charge is -2.14. The SMILES string of the molecule is CCNC(Cc1sccc1Br)c1cn[nH]n1. The molecular formula is C10H13BrN4S. The maximum Gasteiger partial charge on any atom is 0.0997 e. The van der Waals surface area contributed by atoms with Crippen molar-refractivity contribution in [2.45, 2.75) is 19.4 Å². The van der Waals surface area contributed by atoms with Crippen molar-refractivity contribution in [1.29, 1.82) is 0 Å². The maximum atomic E-state index is 4.14. The molecule has 0 aliphatic carbocycles. The van der Waals surface area contributed by atoms with E-state index in [1.165, 1.54) is 9.35 Å². The summed E-state index contributed by atoms with van der Waals surface area (Å²) in [5.74, 6) is 0. The number of thiophene rings is 1. The van der Waals surface area contributed by atoms with Crippen LogP contribution < -0.4 is 5.32 Å². The van der Waals surface area contributed by atoms with E-state index in [9.17, 15) is 0 Å². The van der Waals surface area contributed by atoms with E-state index in [4.69, 9.17) is 0 Å². The van der Waals surface area contributed by atoms with Crippen LogP contribution in [0.1, 0.15) is 23.5 Å². The van der Waals surface area contributed by atoms with Crippen molar-refractivity contribution in [2.24, 2.45) is 0 Å². The van der Waals surface area contributed by atoms with E-state index in [2.05, 4.69) is 55.0 Å². The molecule has 0 saturated carbocycles. The number of nitrogens with one attached hydrogen (secondary N) is 2. The van der Waals surface area contributed by atoms with Gasteiger partial charge in [0.25, 0.3) is 0 Å². The van der Waals surface area contributed by atoms with Crippen molar-refractivity contribution in [3.63, 3.8) is 0 Å². The van der Waals surface area contributed by atoms with Gasteiger partial charge in [-0.2, -0.15) is 15.4 Å². The van der Waals surface area contributed by atoms with Gasteiger partial charge in [0.15, 0.2) is 0 Å². The molecule has 0 bridgehead atoms. The normalized spacial score (nSPS) is 12.9. The minimum atomic E-state index is 0.221. The van der Waals surface area contributed by atoms with Gasteiger partial charge in [0.1, 0.15) is 0 Å². The smallest absolute Gasteiger partial charge is 0.0997 e. The monoisotopic (exact) mass is 300 g/mol. The fourth-order valence-corrected chi connectivity index (χ4v) is 3.12. The zero-order valence-electron chi connectivity index (χ0n) is 8.90. The molecule has 1 atom stereocenters. The van der Waals surface area contributed by atoms with Crippen molar-refractivity contribution < 1.29 is 0 Å². The number of hydrogen-bond donors (Lipinski definition) is 2. The minimum Gasteiger partial charge on any atom is -0.308 e. The number of halogens is 1. The molecule has 0 saturated heterocycles. The number of aromatic nitrogens is 3. The lowest BCUT2D eigenvalue weighted by molar-refractivity contribution is 0.538. The van der Waals surface area contributed by atoms with Crippen molar-refractivity contribution in [2.75, 3.05) is 6.54 Å². The fourth-order valence-electron chi connectivity index (χ4n) is 1.56. The standard InChI is InChI=1S/C10H13BrN4S/c1-2-12-8(9-6-13-15-14-9)5-10-7(11)3-4-16-10/h3-4,6,8,12H,2,5H2,1H3,(H,13,14,15). The Morgan fingerprint density at radius 3 is 3.06 bits per heavy atom. The molecule has 2 aromatic heterocycles. The van der Waals surface area contributed by atoms with E-state index < -0.39 is 0 Å². The molecule has 2 aromatic rings. The maximum absolute atomic E-state index is 4.14. The molecule has 6 heteroatoms. The zero-order valence-corrected chi connectivity index (χ0v) is 11.3. The third-order valence-corrected chi connectivity index (χ3v) is 4.27. The quantitative estimate of drug-likeness (QED) is 0.892. The van der Waals surface area contributed by atoms with Crippen LogP contribution in [0.15, 0.2) is 22.1 Å². The van der Waals surface area contributed by atoms with Gasteiger partial charge in [-0.3, -0.25) is 0 Å². The summed E-state index contributed by atoms with van der Waals surface area (Å²) in [6, 6.07) is 2.30. The molecule has 2 heterocycles. The van der Waals surface area contributed by atoms with E-state index in [0.717, 1.165) is 18.7 Å². The Bertz CT molecular complexity index is 426. The Morgan fingerprint density at radius 2 is 2.50 bits per heavy atom. The largest absolute Gasteiger partial charge is 0.308 e. The summed E-state index contributed by atoms with van der Waals surface area (Å²) in [4.78, 5) is 1.33. The van der Waals surface area contributed by atoms with Gasteiger partial charge >= 0.3 is 0 Å². The Kier molecular flexibility index (Phi) is 4.09. The lowest BCUT2D eigenvalue weighted by atomic mass is 10.1. The van der Waals surface area contributed by atoms with E-state index in [0.29, 0.717) is 0 Å². The van der Waals surface area contributed by atoms with Gasteiger partial charge in [-0.15, -0.1) is 11.3 Å². The van der Waals surface area contributed by atoms with Crippen LogP contribution in [0, 0.1) is 0 Å². The molecule has 0 fully saturated rings. The summed E-state index contributed by atoms with van der Waals surface area (Å²) in [5.41, 5.74) is 0.960. The van der Waals surface area contributed by atoms with Gasteiger partial charge in [-0.05, 0) is 33.9 Å². The Labute approximate surface area is 107 Å². The fraction of sp³-hybridized carbons (Fsp3) is 0.400.